The number of halogens is 1. The zero-order valence-electron chi connectivity index (χ0n) is 8.68. The van der Waals surface area contributed by atoms with Crippen LogP contribution in [0.1, 0.15) is 23.2 Å². The summed E-state index contributed by atoms with van der Waals surface area (Å²) in [6.07, 6.45) is 1.28. The van der Waals surface area contributed by atoms with Crippen LogP contribution in [-0.2, 0) is 10.0 Å². The molecule has 1 aliphatic carbocycles. The predicted octanol–water partition coefficient (Wildman–Crippen LogP) is 1.94. The van der Waals surface area contributed by atoms with Crippen molar-refractivity contribution in [3.63, 3.8) is 0 Å². The predicted molar refractivity (Wildman–Crippen MR) is 64.0 cm³/mol. The van der Waals surface area contributed by atoms with Gasteiger partial charge in [0.1, 0.15) is 0 Å². The Bertz CT molecular complexity index is 566. The zero-order valence-corrected chi connectivity index (χ0v) is 10.3. The van der Waals surface area contributed by atoms with Gasteiger partial charge in [0.25, 0.3) is 0 Å². The molecule has 92 valence electrons. The van der Waals surface area contributed by atoms with Crippen LogP contribution in [0.25, 0.3) is 0 Å². The van der Waals surface area contributed by atoms with Crippen molar-refractivity contribution in [3.8, 4) is 0 Å². The van der Waals surface area contributed by atoms with Crippen LogP contribution < -0.4 is 4.72 Å². The Morgan fingerprint density at radius 2 is 2.00 bits per heavy atom. The maximum absolute atomic E-state index is 11.7. The van der Waals surface area contributed by atoms with E-state index in [2.05, 4.69) is 4.72 Å². The standard InChI is InChI=1S/C10H10ClNO4S/c11-7-3-6(10(13)14)4-8(5-7)12-17(15,16)9-1-2-9/h3-5,9,12H,1-2H2,(H,13,14). The summed E-state index contributed by atoms with van der Waals surface area (Å²) in [5, 5.41) is 8.63. The summed E-state index contributed by atoms with van der Waals surface area (Å²) in [4.78, 5) is 10.8. The van der Waals surface area contributed by atoms with Gasteiger partial charge < -0.3 is 5.11 Å². The van der Waals surface area contributed by atoms with Crippen LogP contribution in [0.3, 0.4) is 0 Å². The van der Waals surface area contributed by atoms with E-state index < -0.39 is 16.0 Å². The van der Waals surface area contributed by atoms with Gasteiger partial charge in [0.05, 0.1) is 16.5 Å². The van der Waals surface area contributed by atoms with E-state index in [0.717, 1.165) is 0 Å². The lowest BCUT2D eigenvalue weighted by atomic mass is 10.2. The first-order valence-corrected chi connectivity index (χ1v) is 6.86. The molecule has 1 aliphatic rings. The van der Waals surface area contributed by atoms with Gasteiger partial charge in [-0.15, -0.1) is 0 Å². The second-order valence-corrected chi connectivity index (χ2v) is 6.28. The van der Waals surface area contributed by atoms with Crippen molar-refractivity contribution in [3.05, 3.63) is 28.8 Å². The third-order valence-corrected chi connectivity index (χ3v) is 4.46. The summed E-state index contributed by atoms with van der Waals surface area (Å²) >= 11 is 5.72. The fourth-order valence-corrected chi connectivity index (χ4v) is 3.00. The molecule has 1 saturated carbocycles. The second kappa shape index (κ2) is 4.19. The number of carbonyl (C=O) groups is 1. The zero-order chi connectivity index (χ0) is 12.6. The van der Waals surface area contributed by atoms with Gasteiger partial charge in [0, 0.05) is 5.02 Å². The summed E-state index contributed by atoms with van der Waals surface area (Å²) in [6, 6.07) is 3.89. The molecule has 1 aromatic rings. The molecule has 5 nitrogen and oxygen atoms in total. The third-order valence-electron chi connectivity index (χ3n) is 2.37. The highest BCUT2D eigenvalue weighted by Gasteiger charge is 2.35. The Kier molecular flexibility index (Phi) is 3.01. The molecule has 2 rings (SSSR count). The highest BCUT2D eigenvalue weighted by atomic mass is 35.5. The fourth-order valence-electron chi connectivity index (χ4n) is 1.40. The Labute approximate surface area is 103 Å². The molecule has 0 radical (unpaired) electrons. The largest absolute Gasteiger partial charge is 0.478 e. The lowest BCUT2D eigenvalue weighted by Crippen LogP contribution is -2.17. The van der Waals surface area contributed by atoms with Crippen LogP contribution in [0.4, 0.5) is 5.69 Å². The molecular weight excluding hydrogens is 266 g/mol. The number of sulfonamides is 1. The van der Waals surface area contributed by atoms with Crippen molar-refractivity contribution in [2.24, 2.45) is 0 Å². The highest BCUT2D eigenvalue weighted by molar-refractivity contribution is 7.93. The summed E-state index contributed by atoms with van der Waals surface area (Å²) in [5.41, 5.74) is 0.132. The van der Waals surface area contributed by atoms with Crippen LogP contribution >= 0.6 is 11.6 Å². The molecule has 17 heavy (non-hydrogen) atoms. The quantitative estimate of drug-likeness (QED) is 0.880. The minimum Gasteiger partial charge on any atom is -0.478 e. The van der Waals surface area contributed by atoms with Crippen molar-refractivity contribution in [1.82, 2.24) is 0 Å². The molecule has 0 bridgehead atoms. The minimum atomic E-state index is -3.40. The number of aromatic carboxylic acids is 1. The minimum absolute atomic E-state index is 0.0500. The summed E-state index contributed by atoms with van der Waals surface area (Å²) < 4.78 is 25.6. The number of carboxylic acid groups (broad SMARTS) is 1. The molecule has 0 spiro atoms. The third kappa shape index (κ3) is 2.89. The number of hydrogen-bond donors (Lipinski definition) is 2. The van der Waals surface area contributed by atoms with Gasteiger partial charge in [-0.3, -0.25) is 4.72 Å². The lowest BCUT2D eigenvalue weighted by Gasteiger charge is -2.08. The maximum atomic E-state index is 11.7. The number of carboxylic acids is 1. The summed E-state index contributed by atoms with van der Waals surface area (Å²) in [7, 11) is -3.40. The van der Waals surface area contributed by atoms with Crippen molar-refractivity contribution in [2.75, 3.05) is 4.72 Å². The molecule has 1 aromatic carbocycles. The van der Waals surface area contributed by atoms with Gasteiger partial charge in [-0.25, -0.2) is 13.2 Å². The van der Waals surface area contributed by atoms with Crippen molar-refractivity contribution >= 4 is 33.3 Å². The average molecular weight is 276 g/mol. The van der Waals surface area contributed by atoms with Gasteiger partial charge in [0.15, 0.2) is 0 Å². The van der Waals surface area contributed by atoms with Gasteiger partial charge in [-0.1, -0.05) is 11.6 Å². The van der Waals surface area contributed by atoms with Gasteiger partial charge in [-0.2, -0.15) is 0 Å². The molecule has 0 aliphatic heterocycles. The van der Waals surface area contributed by atoms with Crippen LogP contribution in [-0.4, -0.2) is 24.7 Å². The number of benzene rings is 1. The first-order valence-electron chi connectivity index (χ1n) is 4.94. The number of rotatable bonds is 4. The van der Waals surface area contributed by atoms with Crippen molar-refractivity contribution in [2.45, 2.75) is 18.1 Å². The van der Waals surface area contributed by atoms with Crippen molar-refractivity contribution in [1.29, 1.82) is 0 Å². The molecule has 0 heterocycles. The number of hydrogen-bond acceptors (Lipinski definition) is 3. The smallest absolute Gasteiger partial charge is 0.335 e. The fraction of sp³-hybridized carbons (Fsp3) is 0.300. The van der Waals surface area contributed by atoms with E-state index in [1.807, 2.05) is 0 Å². The summed E-state index contributed by atoms with van der Waals surface area (Å²) in [6.45, 7) is 0. The Morgan fingerprint density at radius 1 is 1.35 bits per heavy atom. The van der Waals surface area contributed by atoms with E-state index in [9.17, 15) is 13.2 Å². The van der Waals surface area contributed by atoms with E-state index >= 15 is 0 Å². The first kappa shape index (κ1) is 12.2. The number of anilines is 1. The molecule has 1 fully saturated rings. The molecular formula is C10H10ClNO4S. The van der Waals surface area contributed by atoms with E-state index in [1.165, 1.54) is 18.2 Å². The number of nitrogens with one attached hydrogen (secondary N) is 1. The summed E-state index contributed by atoms with van der Waals surface area (Å²) in [5.74, 6) is -1.15. The molecule has 2 N–H and O–H groups in total. The van der Waals surface area contributed by atoms with Crippen molar-refractivity contribution < 1.29 is 18.3 Å². The van der Waals surface area contributed by atoms with Crippen LogP contribution in [0.2, 0.25) is 5.02 Å². The van der Waals surface area contributed by atoms with Crippen LogP contribution in [0.5, 0.6) is 0 Å². The van der Waals surface area contributed by atoms with Crippen LogP contribution in [0.15, 0.2) is 18.2 Å². The van der Waals surface area contributed by atoms with E-state index in [-0.39, 0.29) is 21.5 Å². The Hall–Kier alpha value is -1.27. The van der Waals surface area contributed by atoms with Gasteiger partial charge in [0.2, 0.25) is 10.0 Å². The first-order chi connectivity index (χ1) is 7.88. The van der Waals surface area contributed by atoms with E-state index in [0.29, 0.717) is 12.8 Å². The molecule has 0 amide bonds. The SMILES string of the molecule is O=C(O)c1cc(Cl)cc(NS(=O)(=O)C2CC2)c1. The average Bonchev–Trinajstić information content (AvgIpc) is 2.98. The second-order valence-electron chi connectivity index (χ2n) is 3.88. The Morgan fingerprint density at radius 3 is 2.53 bits per heavy atom. The van der Waals surface area contributed by atoms with E-state index in [1.54, 1.807) is 0 Å². The van der Waals surface area contributed by atoms with E-state index in [4.69, 9.17) is 16.7 Å². The molecule has 0 atom stereocenters. The van der Waals surface area contributed by atoms with Gasteiger partial charge in [-0.05, 0) is 31.0 Å². The molecule has 0 unspecified atom stereocenters. The molecule has 0 saturated heterocycles. The monoisotopic (exact) mass is 275 g/mol. The molecule has 7 heteroatoms. The van der Waals surface area contributed by atoms with Crippen LogP contribution in [0, 0.1) is 0 Å². The normalized spacial score (nSPS) is 15.6. The maximum Gasteiger partial charge on any atom is 0.335 e. The lowest BCUT2D eigenvalue weighted by molar-refractivity contribution is 0.0697. The topological polar surface area (TPSA) is 83.5 Å². The Balaban J connectivity index is 2.29. The van der Waals surface area contributed by atoms with Gasteiger partial charge >= 0.3 is 5.97 Å². The highest BCUT2D eigenvalue weighted by Crippen LogP contribution is 2.30. The molecule has 0 aromatic heterocycles.